The molecular formula is C8H16N2O2S2. The van der Waals surface area contributed by atoms with Crippen LogP contribution in [0.15, 0.2) is 0 Å². The summed E-state index contributed by atoms with van der Waals surface area (Å²) < 4.78 is 22.3. The van der Waals surface area contributed by atoms with Gasteiger partial charge in [0.05, 0.1) is 16.5 Å². The van der Waals surface area contributed by atoms with Crippen LogP contribution in [0.2, 0.25) is 0 Å². The van der Waals surface area contributed by atoms with Gasteiger partial charge in [-0.2, -0.15) is 0 Å². The number of nitrogens with two attached hydrogens (primary N) is 1. The van der Waals surface area contributed by atoms with E-state index in [0.717, 1.165) is 0 Å². The predicted octanol–water partition coefficient (Wildman–Crippen LogP) is -0.172. The van der Waals surface area contributed by atoms with Crippen molar-refractivity contribution < 1.29 is 8.42 Å². The molecule has 1 rings (SSSR count). The average molecular weight is 236 g/mol. The van der Waals surface area contributed by atoms with Gasteiger partial charge in [-0.25, -0.2) is 8.42 Å². The fourth-order valence-corrected chi connectivity index (χ4v) is 3.63. The van der Waals surface area contributed by atoms with Gasteiger partial charge in [0.1, 0.15) is 0 Å². The molecule has 0 aliphatic carbocycles. The smallest absolute Gasteiger partial charge is 0.151 e. The molecule has 0 spiro atoms. The number of hydrogen-bond acceptors (Lipinski definition) is 4. The van der Waals surface area contributed by atoms with E-state index in [1.54, 1.807) is 0 Å². The van der Waals surface area contributed by atoms with Gasteiger partial charge in [0, 0.05) is 18.5 Å². The first-order valence-corrected chi connectivity index (χ1v) is 6.87. The zero-order chi connectivity index (χ0) is 10.8. The highest BCUT2D eigenvalue weighted by Gasteiger charge is 2.28. The van der Waals surface area contributed by atoms with Gasteiger partial charge in [-0.05, 0) is 13.3 Å². The van der Waals surface area contributed by atoms with Gasteiger partial charge in [-0.1, -0.05) is 12.2 Å². The molecule has 1 heterocycles. The van der Waals surface area contributed by atoms with Crippen LogP contribution in [-0.2, 0) is 9.84 Å². The molecule has 0 aromatic carbocycles. The monoisotopic (exact) mass is 236 g/mol. The molecule has 4 nitrogen and oxygen atoms in total. The molecule has 1 aliphatic heterocycles. The molecule has 1 saturated heterocycles. The van der Waals surface area contributed by atoms with Crippen molar-refractivity contribution in [2.24, 2.45) is 5.73 Å². The Kier molecular flexibility index (Phi) is 3.86. The standard InChI is InChI=1S/C8H16N2O2S2/c1-6(4-8(9)13)10-7-2-3-14(11,12)5-7/h6-7,10H,2-5H2,1H3,(H2,9,13). The first kappa shape index (κ1) is 11.9. The minimum atomic E-state index is -2.80. The zero-order valence-electron chi connectivity index (χ0n) is 8.19. The van der Waals surface area contributed by atoms with E-state index < -0.39 is 9.84 Å². The predicted molar refractivity (Wildman–Crippen MR) is 61.1 cm³/mol. The highest BCUT2D eigenvalue weighted by molar-refractivity contribution is 7.91. The summed E-state index contributed by atoms with van der Waals surface area (Å²) in [7, 11) is -2.80. The molecule has 0 radical (unpaired) electrons. The van der Waals surface area contributed by atoms with Crippen LogP contribution in [0.1, 0.15) is 19.8 Å². The first-order valence-electron chi connectivity index (χ1n) is 4.64. The molecule has 3 N–H and O–H groups in total. The van der Waals surface area contributed by atoms with Crippen molar-refractivity contribution in [3.63, 3.8) is 0 Å². The Hall–Kier alpha value is -0.200. The molecule has 1 aliphatic rings. The third kappa shape index (κ3) is 3.89. The van der Waals surface area contributed by atoms with Crippen LogP contribution in [0.4, 0.5) is 0 Å². The summed E-state index contributed by atoms with van der Waals surface area (Å²) in [5.41, 5.74) is 5.39. The Balaban J connectivity index is 2.36. The van der Waals surface area contributed by atoms with Crippen molar-refractivity contribution in [2.45, 2.75) is 31.8 Å². The summed E-state index contributed by atoms with van der Waals surface area (Å²) in [5.74, 6) is 0.541. The maximum atomic E-state index is 11.2. The van der Waals surface area contributed by atoms with Gasteiger partial charge >= 0.3 is 0 Å². The van der Waals surface area contributed by atoms with Gasteiger partial charge in [-0.15, -0.1) is 0 Å². The van der Waals surface area contributed by atoms with Gasteiger partial charge in [-0.3, -0.25) is 0 Å². The van der Waals surface area contributed by atoms with Crippen LogP contribution in [0.25, 0.3) is 0 Å². The second-order valence-electron chi connectivity index (χ2n) is 3.84. The van der Waals surface area contributed by atoms with E-state index in [2.05, 4.69) is 5.32 Å². The highest BCUT2D eigenvalue weighted by Crippen LogP contribution is 2.12. The van der Waals surface area contributed by atoms with Gasteiger partial charge in [0.25, 0.3) is 0 Å². The summed E-state index contributed by atoms with van der Waals surface area (Å²) in [5, 5.41) is 3.22. The molecule has 2 atom stereocenters. The normalized spacial score (nSPS) is 27.4. The zero-order valence-corrected chi connectivity index (χ0v) is 9.83. The molecule has 0 amide bonds. The first-order chi connectivity index (χ1) is 6.39. The molecule has 6 heteroatoms. The van der Waals surface area contributed by atoms with E-state index in [-0.39, 0.29) is 17.8 Å². The van der Waals surface area contributed by atoms with Crippen molar-refractivity contribution in [1.29, 1.82) is 0 Å². The lowest BCUT2D eigenvalue weighted by atomic mass is 10.2. The number of thiocarbonyl (C=S) groups is 1. The minimum absolute atomic E-state index is 0.0735. The minimum Gasteiger partial charge on any atom is -0.393 e. The van der Waals surface area contributed by atoms with Crippen molar-refractivity contribution in [3.05, 3.63) is 0 Å². The van der Waals surface area contributed by atoms with Crippen LogP contribution in [0.5, 0.6) is 0 Å². The fourth-order valence-electron chi connectivity index (χ4n) is 1.69. The molecule has 0 aromatic heterocycles. The van der Waals surface area contributed by atoms with Crippen molar-refractivity contribution in [1.82, 2.24) is 5.32 Å². The van der Waals surface area contributed by atoms with E-state index in [1.807, 2.05) is 6.92 Å². The molecule has 0 aromatic rings. The largest absolute Gasteiger partial charge is 0.393 e. The molecular weight excluding hydrogens is 220 g/mol. The molecule has 82 valence electrons. The van der Waals surface area contributed by atoms with Crippen molar-refractivity contribution in [2.75, 3.05) is 11.5 Å². The van der Waals surface area contributed by atoms with E-state index in [9.17, 15) is 8.42 Å². The summed E-state index contributed by atoms with van der Waals surface area (Å²) in [6.07, 6.45) is 1.32. The average Bonchev–Trinajstić information content (AvgIpc) is 2.27. The van der Waals surface area contributed by atoms with Gasteiger partial charge in [0.15, 0.2) is 9.84 Å². The Morgan fingerprint density at radius 2 is 2.36 bits per heavy atom. The fraction of sp³-hybridized carbons (Fsp3) is 0.875. The summed E-state index contributed by atoms with van der Waals surface area (Å²) in [6, 6.07) is 0.232. The Bertz CT molecular complexity index is 313. The van der Waals surface area contributed by atoms with E-state index in [0.29, 0.717) is 23.6 Å². The summed E-state index contributed by atoms with van der Waals surface area (Å²) in [6.45, 7) is 1.96. The number of rotatable bonds is 4. The Morgan fingerprint density at radius 3 is 2.79 bits per heavy atom. The van der Waals surface area contributed by atoms with E-state index in [4.69, 9.17) is 18.0 Å². The SMILES string of the molecule is CC(CC(N)=S)NC1CCS(=O)(=O)C1. The van der Waals surface area contributed by atoms with Crippen molar-refractivity contribution in [3.8, 4) is 0 Å². The lowest BCUT2D eigenvalue weighted by molar-refractivity contribution is 0.481. The number of hydrogen-bond donors (Lipinski definition) is 2. The third-order valence-corrected chi connectivity index (χ3v) is 4.19. The molecule has 14 heavy (non-hydrogen) atoms. The van der Waals surface area contributed by atoms with Crippen LogP contribution < -0.4 is 11.1 Å². The van der Waals surface area contributed by atoms with Crippen LogP contribution in [0.3, 0.4) is 0 Å². The Morgan fingerprint density at radius 1 is 1.71 bits per heavy atom. The molecule has 0 bridgehead atoms. The van der Waals surface area contributed by atoms with Crippen LogP contribution in [0, 0.1) is 0 Å². The molecule has 1 fully saturated rings. The summed E-state index contributed by atoms with van der Waals surface area (Å²) >= 11 is 4.78. The second kappa shape index (κ2) is 4.55. The quantitative estimate of drug-likeness (QED) is 0.663. The summed E-state index contributed by atoms with van der Waals surface area (Å²) in [4.78, 5) is 0.464. The second-order valence-corrected chi connectivity index (χ2v) is 6.59. The Labute approximate surface area is 90.2 Å². The van der Waals surface area contributed by atoms with E-state index >= 15 is 0 Å². The maximum absolute atomic E-state index is 11.2. The lowest BCUT2D eigenvalue weighted by Crippen LogP contribution is -2.39. The maximum Gasteiger partial charge on any atom is 0.151 e. The topological polar surface area (TPSA) is 72.2 Å². The third-order valence-electron chi connectivity index (χ3n) is 2.26. The molecule has 0 saturated carbocycles. The lowest BCUT2D eigenvalue weighted by Gasteiger charge is -2.17. The van der Waals surface area contributed by atoms with Crippen LogP contribution >= 0.6 is 12.2 Å². The van der Waals surface area contributed by atoms with Gasteiger partial charge < -0.3 is 11.1 Å². The highest BCUT2D eigenvalue weighted by atomic mass is 32.2. The number of nitrogens with one attached hydrogen (secondary N) is 1. The number of sulfone groups is 1. The van der Waals surface area contributed by atoms with E-state index in [1.165, 1.54) is 0 Å². The van der Waals surface area contributed by atoms with Crippen molar-refractivity contribution >= 4 is 27.0 Å². The molecule has 2 unspecified atom stereocenters. The van der Waals surface area contributed by atoms with Crippen LogP contribution in [-0.4, -0.2) is 37.0 Å². The van der Waals surface area contributed by atoms with Gasteiger partial charge in [0.2, 0.25) is 0 Å².